The number of oxazole rings is 1. The molecule has 0 aliphatic heterocycles. The fraction of sp³-hybridized carbons (Fsp3) is 0.263. The predicted octanol–water partition coefficient (Wildman–Crippen LogP) is 4.79. The first-order chi connectivity index (χ1) is 10.8. The number of nitrogens with one attached hydrogen (secondary N) is 1. The molecule has 0 saturated carbocycles. The van der Waals surface area contributed by atoms with Crippen LogP contribution in [0.5, 0.6) is 0 Å². The molecule has 4 heteroatoms. The number of aryl methyl sites for hydroxylation is 1. The number of aromatic nitrogens is 1. The maximum atomic E-state index is 12.0. The van der Waals surface area contributed by atoms with E-state index < -0.39 is 5.41 Å². The largest absolute Gasteiger partial charge is 0.436 e. The molecule has 1 amide bonds. The van der Waals surface area contributed by atoms with Crippen molar-refractivity contribution in [3.05, 3.63) is 48.0 Å². The molecular weight excluding hydrogens is 288 g/mol. The Kier molecular flexibility index (Phi) is 3.68. The molecule has 0 unspecified atom stereocenters. The Hall–Kier alpha value is -2.62. The minimum absolute atomic E-state index is 0.0115. The Morgan fingerprint density at radius 1 is 1.09 bits per heavy atom. The second-order valence-electron chi connectivity index (χ2n) is 6.77. The van der Waals surface area contributed by atoms with E-state index in [1.54, 1.807) is 0 Å². The molecule has 3 rings (SSSR count). The highest BCUT2D eigenvalue weighted by Crippen LogP contribution is 2.26. The molecule has 0 aliphatic carbocycles. The van der Waals surface area contributed by atoms with Crippen LogP contribution in [-0.4, -0.2) is 10.9 Å². The number of rotatable bonds is 2. The van der Waals surface area contributed by atoms with Crippen LogP contribution >= 0.6 is 0 Å². The van der Waals surface area contributed by atoms with E-state index in [0.29, 0.717) is 5.89 Å². The fourth-order valence-corrected chi connectivity index (χ4v) is 2.17. The van der Waals surface area contributed by atoms with E-state index in [1.807, 2.05) is 70.2 Å². The zero-order valence-corrected chi connectivity index (χ0v) is 13.8. The third-order valence-corrected chi connectivity index (χ3v) is 3.61. The molecule has 0 aliphatic rings. The second kappa shape index (κ2) is 5.54. The van der Waals surface area contributed by atoms with Gasteiger partial charge in [0.2, 0.25) is 11.8 Å². The van der Waals surface area contributed by atoms with Crippen LogP contribution in [0, 0.1) is 12.3 Å². The normalized spacial score (nSPS) is 11.7. The Morgan fingerprint density at radius 3 is 2.43 bits per heavy atom. The van der Waals surface area contributed by atoms with Gasteiger partial charge in [-0.15, -0.1) is 0 Å². The van der Waals surface area contributed by atoms with Gasteiger partial charge in [0, 0.05) is 16.7 Å². The van der Waals surface area contributed by atoms with Crippen molar-refractivity contribution in [2.45, 2.75) is 27.7 Å². The highest BCUT2D eigenvalue weighted by molar-refractivity contribution is 5.94. The summed E-state index contributed by atoms with van der Waals surface area (Å²) in [5.74, 6) is 0.571. The number of carbonyl (C=O) groups is 1. The highest BCUT2D eigenvalue weighted by Gasteiger charge is 2.21. The van der Waals surface area contributed by atoms with Crippen molar-refractivity contribution in [3.63, 3.8) is 0 Å². The van der Waals surface area contributed by atoms with Gasteiger partial charge in [-0.05, 0) is 48.9 Å². The van der Waals surface area contributed by atoms with Crippen LogP contribution < -0.4 is 5.32 Å². The van der Waals surface area contributed by atoms with Crippen LogP contribution in [-0.2, 0) is 4.79 Å². The van der Waals surface area contributed by atoms with Gasteiger partial charge in [-0.2, -0.15) is 0 Å². The maximum absolute atomic E-state index is 12.0. The average molecular weight is 308 g/mol. The van der Waals surface area contributed by atoms with E-state index in [2.05, 4.69) is 10.3 Å². The van der Waals surface area contributed by atoms with Crippen LogP contribution in [0.15, 0.2) is 46.9 Å². The molecule has 2 aromatic carbocycles. The molecule has 0 radical (unpaired) electrons. The molecule has 118 valence electrons. The number of hydrogen-bond donors (Lipinski definition) is 1. The van der Waals surface area contributed by atoms with Crippen molar-refractivity contribution >= 4 is 22.7 Å². The lowest BCUT2D eigenvalue weighted by atomic mass is 9.95. The summed E-state index contributed by atoms with van der Waals surface area (Å²) in [7, 11) is 0. The Bertz CT molecular complexity index is 855. The van der Waals surface area contributed by atoms with Crippen LogP contribution in [0.3, 0.4) is 0 Å². The minimum Gasteiger partial charge on any atom is -0.436 e. The summed E-state index contributed by atoms with van der Waals surface area (Å²) in [5.41, 5.74) is 3.99. The summed E-state index contributed by atoms with van der Waals surface area (Å²) in [6, 6.07) is 13.5. The van der Waals surface area contributed by atoms with Crippen LogP contribution in [0.25, 0.3) is 22.6 Å². The Morgan fingerprint density at radius 2 is 1.78 bits per heavy atom. The molecule has 0 fully saturated rings. The van der Waals surface area contributed by atoms with Gasteiger partial charge >= 0.3 is 0 Å². The average Bonchev–Trinajstić information content (AvgIpc) is 2.90. The fourth-order valence-electron chi connectivity index (χ4n) is 2.17. The van der Waals surface area contributed by atoms with Gasteiger partial charge in [-0.25, -0.2) is 4.98 Å². The van der Waals surface area contributed by atoms with Crippen molar-refractivity contribution in [3.8, 4) is 11.5 Å². The van der Waals surface area contributed by atoms with Crippen LogP contribution in [0.4, 0.5) is 5.69 Å². The lowest BCUT2D eigenvalue weighted by Crippen LogP contribution is -2.27. The second-order valence-corrected chi connectivity index (χ2v) is 6.77. The molecule has 4 nitrogen and oxygen atoms in total. The number of benzene rings is 2. The van der Waals surface area contributed by atoms with Crippen molar-refractivity contribution in [1.82, 2.24) is 4.98 Å². The van der Waals surface area contributed by atoms with E-state index in [4.69, 9.17) is 4.42 Å². The van der Waals surface area contributed by atoms with Crippen molar-refractivity contribution in [1.29, 1.82) is 0 Å². The summed E-state index contributed by atoms with van der Waals surface area (Å²) in [6.07, 6.45) is 0. The first kappa shape index (κ1) is 15.3. The highest BCUT2D eigenvalue weighted by atomic mass is 16.3. The van der Waals surface area contributed by atoms with Crippen molar-refractivity contribution < 1.29 is 9.21 Å². The van der Waals surface area contributed by atoms with E-state index in [9.17, 15) is 4.79 Å². The monoisotopic (exact) mass is 308 g/mol. The Balaban J connectivity index is 1.85. The number of fused-ring (bicyclic) bond motifs is 1. The molecule has 0 bridgehead atoms. The zero-order valence-electron chi connectivity index (χ0n) is 13.8. The molecule has 1 heterocycles. The lowest BCUT2D eigenvalue weighted by molar-refractivity contribution is -0.123. The van der Waals surface area contributed by atoms with Gasteiger partial charge in [0.1, 0.15) is 5.52 Å². The van der Waals surface area contributed by atoms with Crippen LogP contribution in [0.2, 0.25) is 0 Å². The number of anilines is 1. The lowest BCUT2D eigenvalue weighted by Gasteiger charge is -2.17. The van der Waals surface area contributed by atoms with Crippen molar-refractivity contribution in [2.24, 2.45) is 5.41 Å². The van der Waals surface area contributed by atoms with Gasteiger partial charge in [-0.1, -0.05) is 26.8 Å². The summed E-state index contributed by atoms with van der Waals surface area (Å²) >= 11 is 0. The Labute approximate surface area is 135 Å². The summed E-state index contributed by atoms with van der Waals surface area (Å²) in [6.45, 7) is 7.68. The molecular formula is C19H20N2O2. The van der Waals surface area contributed by atoms with E-state index in [-0.39, 0.29) is 5.91 Å². The van der Waals surface area contributed by atoms with Crippen LogP contribution in [0.1, 0.15) is 26.3 Å². The summed E-state index contributed by atoms with van der Waals surface area (Å²) in [5, 5.41) is 2.90. The molecule has 0 saturated heterocycles. The first-order valence-corrected chi connectivity index (χ1v) is 7.62. The quantitative estimate of drug-likeness (QED) is 0.740. The number of hydrogen-bond acceptors (Lipinski definition) is 3. The van der Waals surface area contributed by atoms with E-state index in [0.717, 1.165) is 27.9 Å². The standard InChI is InChI=1S/C19H20N2O2/c1-12-5-10-15-16(11-12)23-17(21-15)13-6-8-14(9-7-13)20-18(22)19(2,3)4/h5-11H,1-4H3,(H,20,22). The molecule has 23 heavy (non-hydrogen) atoms. The zero-order chi connectivity index (χ0) is 16.6. The summed E-state index contributed by atoms with van der Waals surface area (Å²) in [4.78, 5) is 16.5. The van der Waals surface area contributed by atoms with Gasteiger partial charge in [0.05, 0.1) is 0 Å². The number of carbonyl (C=O) groups excluding carboxylic acids is 1. The minimum atomic E-state index is -0.420. The number of amides is 1. The SMILES string of the molecule is Cc1ccc2nc(-c3ccc(NC(=O)C(C)(C)C)cc3)oc2c1. The molecule has 1 N–H and O–H groups in total. The van der Waals surface area contributed by atoms with Gasteiger partial charge < -0.3 is 9.73 Å². The van der Waals surface area contributed by atoms with E-state index in [1.165, 1.54) is 0 Å². The summed E-state index contributed by atoms with van der Waals surface area (Å²) < 4.78 is 5.81. The molecule has 0 atom stereocenters. The predicted molar refractivity (Wildman–Crippen MR) is 92.3 cm³/mol. The van der Waals surface area contributed by atoms with E-state index >= 15 is 0 Å². The smallest absolute Gasteiger partial charge is 0.229 e. The third kappa shape index (κ3) is 3.26. The first-order valence-electron chi connectivity index (χ1n) is 7.62. The molecule has 0 spiro atoms. The third-order valence-electron chi connectivity index (χ3n) is 3.61. The number of nitrogens with zero attached hydrogens (tertiary/aromatic N) is 1. The van der Waals surface area contributed by atoms with Crippen molar-refractivity contribution in [2.75, 3.05) is 5.32 Å². The topological polar surface area (TPSA) is 55.1 Å². The van der Waals surface area contributed by atoms with Gasteiger partial charge in [0.15, 0.2) is 5.58 Å². The molecule has 1 aromatic heterocycles. The maximum Gasteiger partial charge on any atom is 0.229 e. The van der Waals surface area contributed by atoms with Gasteiger partial charge in [0.25, 0.3) is 0 Å². The van der Waals surface area contributed by atoms with Gasteiger partial charge in [-0.3, -0.25) is 4.79 Å². The molecule has 3 aromatic rings.